The largest absolute Gasteiger partial charge is 0.351 e. The number of amidine groups is 1. The van der Waals surface area contributed by atoms with E-state index in [4.69, 9.17) is 0 Å². The SMILES string of the molecule is CC1CCN(C(=O)c2ccc(NC(=O)C[C@H]3SC(N4CCCC4)=NC3=O)cc2)CC1. The summed E-state index contributed by atoms with van der Waals surface area (Å²) in [5, 5.41) is 3.13. The molecule has 1 atom stereocenters. The van der Waals surface area contributed by atoms with Crippen molar-refractivity contribution in [2.75, 3.05) is 31.5 Å². The predicted octanol–water partition coefficient (Wildman–Crippen LogP) is 2.98. The highest BCUT2D eigenvalue weighted by molar-refractivity contribution is 8.15. The summed E-state index contributed by atoms with van der Waals surface area (Å²) in [6, 6.07) is 6.99. The van der Waals surface area contributed by atoms with E-state index in [-0.39, 0.29) is 24.1 Å². The molecule has 30 heavy (non-hydrogen) atoms. The Morgan fingerprint density at radius 3 is 2.43 bits per heavy atom. The van der Waals surface area contributed by atoms with E-state index in [9.17, 15) is 14.4 Å². The Morgan fingerprint density at radius 1 is 1.10 bits per heavy atom. The molecule has 0 spiro atoms. The predicted molar refractivity (Wildman–Crippen MR) is 119 cm³/mol. The van der Waals surface area contributed by atoms with Crippen LogP contribution in [-0.4, -0.2) is 64.1 Å². The standard InChI is InChI=1S/C22H28N4O3S/c1-15-8-12-25(13-9-15)21(29)16-4-6-17(7-5-16)23-19(27)14-18-20(28)24-22(30-18)26-10-2-3-11-26/h4-7,15,18H,2-3,8-14H2,1H3,(H,23,27)/t18-/m1/s1. The van der Waals surface area contributed by atoms with E-state index >= 15 is 0 Å². The number of nitrogens with zero attached hydrogens (tertiary/aromatic N) is 3. The van der Waals surface area contributed by atoms with Gasteiger partial charge in [0.25, 0.3) is 11.8 Å². The van der Waals surface area contributed by atoms with E-state index in [1.807, 2.05) is 4.90 Å². The van der Waals surface area contributed by atoms with Crippen molar-refractivity contribution in [1.29, 1.82) is 0 Å². The van der Waals surface area contributed by atoms with Crippen LogP contribution in [0.4, 0.5) is 5.69 Å². The second-order valence-corrected chi connectivity index (χ2v) is 9.51. The monoisotopic (exact) mass is 428 g/mol. The number of carbonyl (C=O) groups is 3. The zero-order chi connectivity index (χ0) is 21.1. The van der Waals surface area contributed by atoms with E-state index in [2.05, 4.69) is 22.1 Å². The van der Waals surface area contributed by atoms with Gasteiger partial charge in [-0.25, -0.2) is 0 Å². The van der Waals surface area contributed by atoms with Crippen LogP contribution in [0.3, 0.4) is 0 Å². The van der Waals surface area contributed by atoms with E-state index < -0.39 is 5.25 Å². The Balaban J connectivity index is 1.28. The molecule has 0 radical (unpaired) electrons. The molecule has 8 heteroatoms. The Morgan fingerprint density at radius 2 is 1.77 bits per heavy atom. The van der Waals surface area contributed by atoms with Crippen molar-refractivity contribution in [3.63, 3.8) is 0 Å². The molecule has 0 aliphatic carbocycles. The van der Waals surface area contributed by atoms with Crippen molar-refractivity contribution in [3.05, 3.63) is 29.8 Å². The molecule has 160 valence electrons. The fourth-order valence-corrected chi connectivity index (χ4v) is 5.14. The maximum atomic E-state index is 12.6. The number of nitrogens with one attached hydrogen (secondary N) is 1. The van der Waals surface area contributed by atoms with Gasteiger partial charge in [-0.2, -0.15) is 4.99 Å². The molecule has 1 aromatic carbocycles. The quantitative estimate of drug-likeness (QED) is 0.797. The van der Waals surface area contributed by atoms with Gasteiger partial charge < -0.3 is 15.1 Å². The maximum Gasteiger partial charge on any atom is 0.262 e. The summed E-state index contributed by atoms with van der Waals surface area (Å²) in [5.41, 5.74) is 1.26. The third-order valence-electron chi connectivity index (χ3n) is 5.96. The summed E-state index contributed by atoms with van der Waals surface area (Å²) < 4.78 is 0. The van der Waals surface area contributed by atoms with Crippen LogP contribution < -0.4 is 5.32 Å². The minimum Gasteiger partial charge on any atom is -0.351 e. The number of anilines is 1. The van der Waals surface area contributed by atoms with Gasteiger partial charge in [0.05, 0.1) is 0 Å². The first-order valence-electron chi connectivity index (χ1n) is 10.7. The third kappa shape index (κ3) is 4.86. The molecular weight excluding hydrogens is 400 g/mol. The highest BCUT2D eigenvalue weighted by Crippen LogP contribution is 2.29. The lowest BCUT2D eigenvalue weighted by Gasteiger charge is -2.30. The molecule has 4 rings (SSSR count). The van der Waals surface area contributed by atoms with E-state index in [1.165, 1.54) is 11.8 Å². The van der Waals surface area contributed by atoms with Crippen LogP contribution in [0.2, 0.25) is 0 Å². The molecule has 3 amide bonds. The first-order chi connectivity index (χ1) is 14.5. The van der Waals surface area contributed by atoms with Crippen molar-refractivity contribution in [3.8, 4) is 0 Å². The van der Waals surface area contributed by atoms with Gasteiger partial charge in [0.1, 0.15) is 5.25 Å². The number of piperidine rings is 1. The molecule has 2 fully saturated rings. The fourth-order valence-electron chi connectivity index (χ4n) is 4.02. The van der Waals surface area contributed by atoms with Gasteiger partial charge in [-0.1, -0.05) is 18.7 Å². The molecule has 2 saturated heterocycles. The Hall–Kier alpha value is -2.35. The van der Waals surface area contributed by atoms with Crippen LogP contribution >= 0.6 is 11.8 Å². The normalized spacial score (nSPS) is 22.4. The molecule has 3 aliphatic rings. The van der Waals surface area contributed by atoms with E-state index in [0.29, 0.717) is 17.2 Å². The topological polar surface area (TPSA) is 82.1 Å². The molecule has 3 aliphatic heterocycles. The molecule has 0 saturated carbocycles. The van der Waals surface area contributed by atoms with Crippen molar-refractivity contribution in [1.82, 2.24) is 9.80 Å². The first kappa shape index (κ1) is 20.9. The van der Waals surface area contributed by atoms with Gasteiger partial charge in [-0.3, -0.25) is 14.4 Å². The summed E-state index contributed by atoms with van der Waals surface area (Å²) in [4.78, 5) is 45.4. The summed E-state index contributed by atoms with van der Waals surface area (Å²) in [7, 11) is 0. The van der Waals surface area contributed by atoms with Crippen molar-refractivity contribution >= 4 is 40.3 Å². The molecule has 3 heterocycles. The van der Waals surface area contributed by atoms with Gasteiger partial charge >= 0.3 is 0 Å². The molecule has 0 aromatic heterocycles. The summed E-state index contributed by atoms with van der Waals surface area (Å²) >= 11 is 1.39. The smallest absolute Gasteiger partial charge is 0.262 e. The number of hydrogen-bond acceptors (Lipinski definition) is 5. The lowest BCUT2D eigenvalue weighted by atomic mass is 9.98. The first-order valence-corrected chi connectivity index (χ1v) is 11.6. The van der Waals surface area contributed by atoms with Crippen molar-refractivity contribution in [2.45, 2.75) is 44.3 Å². The zero-order valence-corrected chi connectivity index (χ0v) is 18.1. The van der Waals surface area contributed by atoms with Crippen LogP contribution in [0.1, 0.15) is 49.4 Å². The number of aliphatic imine (C=N–C) groups is 1. The zero-order valence-electron chi connectivity index (χ0n) is 17.3. The number of amides is 3. The Kier molecular flexibility index (Phi) is 6.41. The van der Waals surface area contributed by atoms with Gasteiger partial charge in [0.15, 0.2) is 5.17 Å². The molecule has 7 nitrogen and oxygen atoms in total. The Labute approximate surface area is 181 Å². The molecular formula is C22H28N4O3S. The second kappa shape index (κ2) is 9.20. The average Bonchev–Trinajstić information content (AvgIpc) is 3.39. The van der Waals surface area contributed by atoms with E-state index in [1.54, 1.807) is 24.3 Å². The van der Waals surface area contributed by atoms with Crippen LogP contribution in [0.5, 0.6) is 0 Å². The lowest BCUT2D eigenvalue weighted by molar-refractivity contribution is -0.121. The average molecular weight is 429 g/mol. The highest BCUT2D eigenvalue weighted by Gasteiger charge is 2.33. The number of thioether (sulfide) groups is 1. The van der Waals surface area contributed by atoms with Crippen LogP contribution in [0.15, 0.2) is 29.3 Å². The number of benzene rings is 1. The number of likely N-dealkylation sites (tertiary alicyclic amines) is 2. The molecule has 1 aromatic rings. The van der Waals surface area contributed by atoms with Gasteiger partial charge in [0.2, 0.25) is 5.91 Å². The van der Waals surface area contributed by atoms with Gasteiger partial charge in [-0.15, -0.1) is 0 Å². The van der Waals surface area contributed by atoms with Gasteiger partial charge in [-0.05, 0) is 55.9 Å². The summed E-state index contributed by atoms with van der Waals surface area (Å²) in [6.45, 7) is 5.68. The van der Waals surface area contributed by atoms with Gasteiger partial charge in [0, 0.05) is 43.9 Å². The third-order valence-corrected chi connectivity index (χ3v) is 7.18. The summed E-state index contributed by atoms with van der Waals surface area (Å²) in [5.74, 6) is 0.268. The molecule has 0 bridgehead atoms. The minimum absolute atomic E-state index is 0.0410. The molecule has 0 unspecified atom stereocenters. The number of hydrogen-bond donors (Lipinski definition) is 1. The second-order valence-electron chi connectivity index (χ2n) is 8.34. The van der Waals surface area contributed by atoms with Crippen LogP contribution in [0.25, 0.3) is 0 Å². The van der Waals surface area contributed by atoms with Crippen molar-refractivity contribution in [2.24, 2.45) is 10.9 Å². The Bertz CT molecular complexity index is 840. The summed E-state index contributed by atoms with van der Waals surface area (Å²) in [6.07, 6.45) is 4.42. The fraction of sp³-hybridized carbons (Fsp3) is 0.545. The number of carbonyl (C=O) groups excluding carboxylic acids is 3. The minimum atomic E-state index is -0.456. The molecule has 1 N–H and O–H groups in total. The van der Waals surface area contributed by atoms with Crippen molar-refractivity contribution < 1.29 is 14.4 Å². The lowest BCUT2D eigenvalue weighted by Crippen LogP contribution is -2.37. The van der Waals surface area contributed by atoms with Crippen LogP contribution in [0, 0.1) is 5.92 Å². The van der Waals surface area contributed by atoms with E-state index in [0.717, 1.165) is 57.0 Å². The number of rotatable bonds is 4. The highest BCUT2D eigenvalue weighted by atomic mass is 32.2. The maximum absolute atomic E-state index is 12.6. The van der Waals surface area contributed by atoms with Crippen LogP contribution in [-0.2, 0) is 9.59 Å².